The zero-order valence-corrected chi connectivity index (χ0v) is 16.2. The van der Waals surface area contributed by atoms with Crippen molar-refractivity contribution in [3.8, 4) is 11.5 Å². The first-order chi connectivity index (χ1) is 13.1. The van der Waals surface area contributed by atoms with Crippen molar-refractivity contribution in [3.63, 3.8) is 0 Å². The van der Waals surface area contributed by atoms with Crippen LogP contribution >= 0.6 is 0 Å². The number of amides is 1. The normalized spacial score (nSPS) is 10.9. The summed E-state index contributed by atoms with van der Waals surface area (Å²) in [7, 11) is 1.43. The van der Waals surface area contributed by atoms with Crippen LogP contribution in [0.5, 0.6) is 11.5 Å². The summed E-state index contributed by atoms with van der Waals surface area (Å²) in [6.07, 6.45) is 0. The lowest BCUT2D eigenvalue weighted by atomic mass is 9.95. The summed E-state index contributed by atoms with van der Waals surface area (Å²) in [6, 6.07) is 10.4. The summed E-state index contributed by atoms with van der Waals surface area (Å²) in [5.74, 6) is -1.27. The number of carbonyl (C=O) groups is 3. The first kappa shape index (κ1) is 21.0. The van der Waals surface area contributed by atoms with Gasteiger partial charge < -0.3 is 19.9 Å². The van der Waals surface area contributed by atoms with Crippen LogP contribution < -0.4 is 10.1 Å². The molecule has 0 saturated heterocycles. The van der Waals surface area contributed by atoms with Gasteiger partial charge in [0.1, 0.15) is 17.1 Å². The Morgan fingerprint density at radius 2 is 1.68 bits per heavy atom. The average molecular weight is 385 g/mol. The lowest BCUT2D eigenvalue weighted by Crippen LogP contribution is -2.27. The molecule has 2 N–H and O–H groups in total. The molecular weight excluding hydrogens is 362 g/mol. The van der Waals surface area contributed by atoms with E-state index < -0.39 is 23.8 Å². The Morgan fingerprint density at radius 1 is 1.04 bits per heavy atom. The minimum atomic E-state index is -0.834. The number of hydrogen-bond acceptors (Lipinski definition) is 6. The molecule has 0 aromatic heterocycles. The monoisotopic (exact) mass is 385 g/mol. The van der Waals surface area contributed by atoms with Crippen LogP contribution in [-0.2, 0) is 9.53 Å². The topological polar surface area (TPSA) is 102 Å². The van der Waals surface area contributed by atoms with Crippen molar-refractivity contribution in [1.29, 1.82) is 0 Å². The van der Waals surface area contributed by atoms with Gasteiger partial charge >= 0.3 is 5.97 Å². The van der Waals surface area contributed by atoms with Gasteiger partial charge in [0.15, 0.2) is 12.4 Å². The van der Waals surface area contributed by atoms with E-state index >= 15 is 0 Å². The van der Waals surface area contributed by atoms with Crippen molar-refractivity contribution in [3.05, 3.63) is 53.6 Å². The number of hydrogen-bond donors (Lipinski definition) is 2. The van der Waals surface area contributed by atoms with Crippen molar-refractivity contribution in [2.24, 2.45) is 5.41 Å². The number of esters is 1. The minimum Gasteiger partial charge on any atom is -0.507 e. The molecule has 1 amide bonds. The fourth-order valence-corrected chi connectivity index (χ4v) is 2.16. The van der Waals surface area contributed by atoms with Crippen LogP contribution in [0.2, 0.25) is 0 Å². The molecule has 2 rings (SSSR count). The maximum absolute atomic E-state index is 12.2. The SMILES string of the molecule is COc1ccc(O)c(C(=O)OCC(=O)c2ccc(NC(=O)C(C)(C)C)cc2)c1. The molecule has 0 bridgehead atoms. The Hall–Kier alpha value is -3.35. The van der Waals surface area contributed by atoms with Crippen molar-refractivity contribution in [1.82, 2.24) is 0 Å². The van der Waals surface area contributed by atoms with Gasteiger partial charge in [0, 0.05) is 16.7 Å². The maximum Gasteiger partial charge on any atom is 0.342 e. The van der Waals surface area contributed by atoms with E-state index in [1.807, 2.05) is 0 Å². The molecule has 0 radical (unpaired) electrons. The Morgan fingerprint density at radius 3 is 2.25 bits per heavy atom. The Balaban J connectivity index is 1.98. The van der Waals surface area contributed by atoms with Crippen LogP contribution in [0.25, 0.3) is 0 Å². The highest BCUT2D eigenvalue weighted by atomic mass is 16.5. The lowest BCUT2D eigenvalue weighted by Gasteiger charge is -2.17. The number of nitrogens with one attached hydrogen (secondary N) is 1. The number of rotatable bonds is 6. The van der Waals surface area contributed by atoms with Crippen molar-refractivity contribution in [2.75, 3.05) is 19.0 Å². The second-order valence-electron chi connectivity index (χ2n) is 7.16. The van der Waals surface area contributed by atoms with E-state index in [0.717, 1.165) is 0 Å². The first-order valence-corrected chi connectivity index (χ1v) is 8.60. The molecule has 28 heavy (non-hydrogen) atoms. The van der Waals surface area contributed by atoms with Gasteiger partial charge in [-0.25, -0.2) is 4.79 Å². The zero-order chi connectivity index (χ0) is 20.9. The summed E-state index contributed by atoms with van der Waals surface area (Å²) in [5, 5.41) is 12.5. The Kier molecular flexibility index (Phi) is 6.41. The zero-order valence-electron chi connectivity index (χ0n) is 16.2. The molecule has 148 valence electrons. The number of aromatic hydroxyl groups is 1. The number of Topliss-reactive ketones (excluding diaryl/α,β-unsaturated/α-hetero) is 1. The highest BCUT2D eigenvalue weighted by Gasteiger charge is 2.21. The number of carbonyl (C=O) groups excluding carboxylic acids is 3. The van der Waals surface area contributed by atoms with E-state index in [0.29, 0.717) is 17.0 Å². The molecule has 0 spiro atoms. The summed E-state index contributed by atoms with van der Waals surface area (Å²) in [5.41, 5.74) is 0.271. The van der Waals surface area contributed by atoms with Gasteiger partial charge in [-0.05, 0) is 42.5 Å². The quantitative estimate of drug-likeness (QED) is 0.583. The number of phenolic OH excluding ortho intramolecular Hbond substituents is 1. The van der Waals surface area contributed by atoms with Gasteiger partial charge in [0.25, 0.3) is 0 Å². The molecule has 0 atom stereocenters. The lowest BCUT2D eigenvalue weighted by molar-refractivity contribution is -0.123. The third-order valence-electron chi connectivity index (χ3n) is 3.90. The van der Waals surface area contributed by atoms with E-state index in [1.165, 1.54) is 37.4 Å². The summed E-state index contributed by atoms with van der Waals surface area (Å²) in [4.78, 5) is 36.3. The fourth-order valence-electron chi connectivity index (χ4n) is 2.16. The van der Waals surface area contributed by atoms with E-state index in [-0.39, 0.29) is 17.2 Å². The van der Waals surface area contributed by atoms with Crippen LogP contribution in [-0.4, -0.2) is 36.5 Å². The second kappa shape index (κ2) is 8.56. The fraction of sp³-hybridized carbons (Fsp3) is 0.286. The maximum atomic E-state index is 12.2. The number of benzene rings is 2. The van der Waals surface area contributed by atoms with Gasteiger partial charge in [-0.3, -0.25) is 9.59 Å². The van der Waals surface area contributed by atoms with Crippen LogP contribution in [0.1, 0.15) is 41.5 Å². The molecule has 7 nitrogen and oxygen atoms in total. The molecule has 0 aliphatic heterocycles. The van der Waals surface area contributed by atoms with E-state index in [1.54, 1.807) is 32.9 Å². The summed E-state index contributed by atoms with van der Waals surface area (Å²) >= 11 is 0. The number of methoxy groups -OCH3 is 1. The first-order valence-electron chi connectivity index (χ1n) is 8.60. The molecular formula is C21H23NO6. The third kappa shape index (κ3) is 5.33. The largest absolute Gasteiger partial charge is 0.507 e. The standard InChI is InChI=1S/C21H23NO6/c1-21(2,3)20(26)22-14-7-5-13(6-8-14)18(24)12-28-19(25)16-11-15(27-4)9-10-17(16)23/h5-11,23H,12H2,1-4H3,(H,22,26). The average Bonchev–Trinajstić information content (AvgIpc) is 2.66. The van der Waals surface area contributed by atoms with E-state index in [2.05, 4.69) is 5.32 Å². The van der Waals surface area contributed by atoms with Gasteiger partial charge in [-0.2, -0.15) is 0 Å². The summed E-state index contributed by atoms with van der Waals surface area (Å²) < 4.78 is 9.99. The van der Waals surface area contributed by atoms with Crippen LogP contribution in [0.3, 0.4) is 0 Å². The molecule has 7 heteroatoms. The van der Waals surface area contributed by atoms with Crippen LogP contribution in [0, 0.1) is 5.41 Å². The van der Waals surface area contributed by atoms with Crippen LogP contribution in [0.15, 0.2) is 42.5 Å². The molecule has 0 aliphatic rings. The number of ketones is 1. The number of ether oxygens (including phenoxy) is 2. The molecule has 0 fully saturated rings. The third-order valence-corrected chi connectivity index (χ3v) is 3.90. The predicted octanol–water partition coefficient (Wildman–Crippen LogP) is 3.43. The van der Waals surface area contributed by atoms with Crippen LogP contribution in [0.4, 0.5) is 5.69 Å². The highest BCUT2D eigenvalue weighted by molar-refractivity contribution is 6.01. The van der Waals surface area contributed by atoms with E-state index in [9.17, 15) is 19.5 Å². The van der Waals surface area contributed by atoms with Gasteiger partial charge in [0.2, 0.25) is 5.91 Å². The Labute approximate surface area is 163 Å². The van der Waals surface area contributed by atoms with Gasteiger partial charge in [-0.15, -0.1) is 0 Å². The van der Waals surface area contributed by atoms with Crippen molar-refractivity contribution < 1.29 is 29.0 Å². The minimum absolute atomic E-state index is 0.0904. The summed E-state index contributed by atoms with van der Waals surface area (Å²) in [6.45, 7) is 4.92. The molecule has 0 saturated carbocycles. The molecule has 0 unspecified atom stereocenters. The number of phenols is 1. The smallest absolute Gasteiger partial charge is 0.342 e. The van der Waals surface area contributed by atoms with Gasteiger partial charge in [0.05, 0.1) is 7.11 Å². The molecule has 2 aromatic rings. The van der Waals surface area contributed by atoms with Crippen molar-refractivity contribution in [2.45, 2.75) is 20.8 Å². The van der Waals surface area contributed by atoms with E-state index in [4.69, 9.17) is 9.47 Å². The predicted molar refractivity (Wildman–Crippen MR) is 104 cm³/mol. The Bertz CT molecular complexity index is 881. The number of anilines is 1. The second-order valence-corrected chi connectivity index (χ2v) is 7.16. The molecule has 2 aromatic carbocycles. The van der Waals surface area contributed by atoms with Crippen molar-refractivity contribution >= 4 is 23.3 Å². The molecule has 0 heterocycles. The molecule has 0 aliphatic carbocycles. The highest BCUT2D eigenvalue weighted by Crippen LogP contribution is 2.23. The van der Waals surface area contributed by atoms with Gasteiger partial charge in [-0.1, -0.05) is 20.8 Å².